The number of nitrogens with zero attached hydrogens (tertiary/aromatic N) is 2. The average Bonchev–Trinajstić information content (AvgIpc) is 3.30. The van der Waals surface area contributed by atoms with Crippen molar-refractivity contribution in [2.45, 2.75) is 90.8 Å². The van der Waals surface area contributed by atoms with Crippen molar-refractivity contribution in [2.24, 2.45) is 11.3 Å². The third-order valence-electron chi connectivity index (χ3n) is 9.02. The molecule has 1 saturated carbocycles. The number of rotatable bonds is 4. The van der Waals surface area contributed by atoms with E-state index in [-0.39, 0.29) is 47.3 Å². The second kappa shape index (κ2) is 10.2. The minimum Gasteiger partial charge on any atom is -0.388 e. The van der Waals surface area contributed by atoms with Crippen molar-refractivity contribution in [2.75, 3.05) is 18.9 Å². The third-order valence-corrected chi connectivity index (χ3v) is 9.02. The Labute approximate surface area is 224 Å². The summed E-state index contributed by atoms with van der Waals surface area (Å²) in [5.74, 6) is 0.280. The maximum atomic E-state index is 13.9. The molecule has 2 amide bonds. The van der Waals surface area contributed by atoms with E-state index < -0.39 is 6.04 Å². The fraction of sp³-hybridized carbons (Fsp3) is 0.600. The van der Waals surface area contributed by atoms with E-state index in [2.05, 4.69) is 23.6 Å². The lowest BCUT2D eigenvalue weighted by atomic mass is 9.95. The van der Waals surface area contributed by atoms with E-state index in [1.165, 1.54) is 0 Å². The van der Waals surface area contributed by atoms with Gasteiger partial charge in [-0.15, -0.1) is 0 Å². The molecular weight excluding hydrogens is 480 g/mol. The zero-order valence-corrected chi connectivity index (χ0v) is 23.1. The second-order valence-electron chi connectivity index (χ2n) is 11.8. The molecule has 38 heavy (non-hydrogen) atoms. The van der Waals surface area contributed by atoms with Gasteiger partial charge in [-0.25, -0.2) is 0 Å². The molecule has 1 aliphatic carbocycles. The van der Waals surface area contributed by atoms with Crippen molar-refractivity contribution < 1.29 is 19.2 Å². The van der Waals surface area contributed by atoms with Crippen LogP contribution in [0.5, 0.6) is 0 Å². The molecule has 2 fully saturated rings. The molecule has 5 rings (SSSR count). The number of piperidine rings is 1. The molecule has 2 aromatic rings. The van der Waals surface area contributed by atoms with Crippen molar-refractivity contribution in [1.82, 2.24) is 14.8 Å². The van der Waals surface area contributed by atoms with Crippen LogP contribution >= 0.6 is 0 Å². The topological polar surface area (TPSA) is 101 Å². The number of carbonyl (C=O) groups excluding carboxylic acids is 4. The third kappa shape index (κ3) is 4.74. The summed E-state index contributed by atoms with van der Waals surface area (Å²) in [6.07, 6.45) is 7.83. The second-order valence-corrected chi connectivity index (χ2v) is 11.8. The molecule has 8 heteroatoms. The lowest BCUT2D eigenvalue weighted by Gasteiger charge is -2.27. The first-order chi connectivity index (χ1) is 18.2. The van der Waals surface area contributed by atoms with E-state index in [4.69, 9.17) is 0 Å². The molecule has 204 valence electrons. The number of amides is 2. The standard InChI is InChI=1S/C30H40N4O4/c1-5-25(36)24-13-30-14-26(30)34(24)28(38)16-33-15-23(19(3)35)22-12-21(31-4)11-20(29(22)33)9-7-6-8-18(2)10-27(37)32-17-30/h11-12,15,18,24,26,31H,5-10,13-14,16-17H2,1-4H3,(H,32,37)/t18-,24-,26+,30-/m0/s1. The van der Waals surface area contributed by atoms with Gasteiger partial charge in [0.05, 0.1) is 11.6 Å². The van der Waals surface area contributed by atoms with Gasteiger partial charge < -0.3 is 20.1 Å². The fourth-order valence-corrected chi connectivity index (χ4v) is 6.82. The number of benzene rings is 1. The molecule has 0 unspecified atom stereocenters. The van der Waals surface area contributed by atoms with Crippen LogP contribution in [0.15, 0.2) is 18.3 Å². The van der Waals surface area contributed by atoms with Crippen molar-refractivity contribution in [3.05, 3.63) is 29.5 Å². The summed E-state index contributed by atoms with van der Waals surface area (Å²) >= 11 is 0. The average molecular weight is 521 g/mol. The first kappa shape index (κ1) is 26.4. The summed E-state index contributed by atoms with van der Waals surface area (Å²) in [6.45, 7) is 6.13. The molecule has 0 spiro atoms. The first-order valence-corrected chi connectivity index (χ1v) is 14.1. The van der Waals surface area contributed by atoms with Crippen LogP contribution in [0.3, 0.4) is 0 Å². The summed E-state index contributed by atoms with van der Waals surface area (Å²) in [4.78, 5) is 54.0. The molecule has 8 nitrogen and oxygen atoms in total. The normalized spacial score (nSPS) is 28.0. The van der Waals surface area contributed by atoms with E-state index in [9.17, 15) is 19.2 Å². The zero-order valence-electron chi connectivity index (χ0n) is 23.1. The Morgan fingerprint density at radius 3 is 2.68 bits per heavy atom. The number of aryl methyl sites for hydroxylation is 1. The smallest absolute Gasteiger partial charge is 0.243 e. The van der Waals surface area contributed by atoms with Gasteiger partial charge in [-0.2, -0.15) is 0 Å². The van der Waals surface area contributed by atoms with Crippen LogP contribution in [-0.2, 0) is 27.3 Å². The number of ketones is 2. The minimum atomic E-state index is -0.453. The van der Waals surface area contributed by atoms with Crippen LogP contribution in [-0.4, -0.2) is 58.5 Å². The Kier molecular flexibility index (Phi) is 7.09. The molecule has 1 aromatic carbocycles. The quantitative estimate of drug-likeness (QED) is 0.592. The van der Waals surface area contributed by atoms with E-state index in [0.29, 0.717) is 31.4 Å². The SMILES string of the molecule is CCC(=O)[C@@H]1C[C@]23CNC(=O)C[C@@H](C)CCCCc4cc(NC)cc5c(C(C)=O)cn(c45)CC(=O)N1[C@@H]2C3. The molecular formula is C30H40N4O4. The Hall–Kier alpha value is -3.16. The fourth-order valence-electron chi connectivity index (χ4n) is 6.82. The highest BCUT2D eigenvalue weighted by Crippen LogP contribution is 2.59. The van der Waals surface area contributed by atoms with E-state index >= 15 is 0 Å². The van der Waals surface area contributed by atoms with Crippen molar-refractivity contribution in [3.8, 4) is 0 Å². The van der Waals surface area contributed by atoms with Crippen molar-refractivity contribution in [3.63, 3.8) is 0 Å². The summed E-state index contributed by atoms with van der Waals surface area (Å²) < 4.78 is 1.93. The highest BCUT2D eigenvalue weighted by molar-refractivity contribution is 6.09. The summed E-state index contributed by atoms with van der Waals surface area (Å²) in [5, 5.41) is 7.21. The summed E-state index contributed by atoms with van der Waals surface area (Å²) in [5.41, 5.74) is 3.36. The van der Waals surface area contributed by atoms with Crippen LogP contribution in [0.25, 0.3) is 10.9 Å². The molecule has 1 saturated heterocycles. The number of anilines is 1. The maximum absolute atomic E-state index is 13.9. The molecule has 2 aliphatic heterocycles. The van der Waals surface area contributed by atoms with E-state index in [1.807, 2.05) is 30.8 Å². The van der Waals surface area contributed by atoms with Gasteiger partial charge in [0.15, 0.2) is 11.6 Å². The van der Waals surface area contributed by atoms with Gasteiger partial charge in [0.2, 0.25) is 11.8 Å². The minimum absolute atomic E-state index is 0.0338. The lowest BCUT2D eigenvalue weighted by Crippen LogP contribution is -2.44. The predicted molar refractivity (Wildman–Crippen MR) is 147 cm³/mol. The first-order valence-electron chi connectivity index (χ1n) is 14.1. The Balaban J connectivity index is 1.57. The monoisotopic (exact) mass is 520 g/mol. The van der Waals surface area contributed by atoms with Gasteiger partial charge in [0, 0.05) is 60.7 Å². The van der Waals surface area contributed by atoms with Gasteiger partial charge in [-0.1, -0.05) is 26.7 Å². The number of carbonyl (C=O) groups is 4. The lowest BCUT2D eigenvalue weighted by molar-refractivity contribution is -0.139. The number of hydrogen-bond donors (Lipinski definition) is 2. The van der Waals surface area contributed by atoms with Gasteiger partial charge in [0.1, 0.15) is 6.54 Å². The van der Waals surface area contributed by atoms with E-state index in [0.717, 1.165) is 54.3 Å². The number of Topliss-reactive ketones (excluding diaryl/α,β-unsaturated/α-hetero) is 2. The summed E-state index contributed by atoms with van der Waals surface area (Å²) in [7, 11) is 1.87. The van der Waals surface area contributed by atoms with Crippen LogP contribution in [0.4, 0.5) is 5.69 Å². The van der Waals surface area contributed by atoms with Gasteiger partial charge in [-0.05, 0) is 56.2 Å². The molecule has 0 radical (unpaired) electrons. The van der Waals surface area contributed by atoms with E-state index in [1.54, 1.807) is 11.8 Å². The van der Waals surface area contributed by atoms with Crippen LogP contribution in [0.2, 0.25) is 0 Å². The van der Waals surface area contributed by atoms with Gasteiger partial charge in [-0.3, -0.25) is 19.2 Å². The molecule has 2 N–H and O–H groups in total. The Morgan fingerprint density at radius 1 is 1.18 bits per heavy atom. The van der Waals surface area contributed by atoms with Gasteiger partial charge >= 0.3 is 0 Å². The Morgan fingerprint density at radius 2 is 1.97 bits per heavy atom. The van der Waals surface area contributed by atoms with Crippen LogP contribution in [0.1, 0.15) is 81.6 Å². The molecule has 3 heterocycles. The van der Waals surface area contributed by atoms with Crippen molar-refractivity contribution >= 4 is 40.0 Å². The van der Waals surface area contributed by atoms with Crippen molar-refractivity contribution in [1.29, 1.82) is 0 Å². The van der Waals surface area contributed by atoms with Crippen LogP contribution < -0.4 is 10.6 Å². The van der Waals surface area contributed by atoms with Crippen LogP contribution in [0, 0.1) is 11.3 Å². The molecule has 3 aliphatic rings. The number of nitrogens with one attached hydrogen (secondary N) is 2. The Bertz CT molecular complexity index is 1300. The molecule has 1 aromatic heterocycles. The highest BCUT2D eigenvalue weighted by atomic mass is 16.2. The highest BCUT2D eigenvalue weighted by Gasteiger charge is 2.66. The summed E-state index contributed by atoms with van der Waals surface area (Å²) in [6, 6.07) is 3.62. The predicted octanol–water partition coefficient (Wildman–Crippen LogP) is 4.09. The van der Waals surface area contributed by atoms with Gasteiger partial charge in [0.25, 0.3) is 0 Å². The maximum Gasteiger partial charge on any atom is 0.243 e. The molecule has 4 atom stereocenters. The largest absolute Gasteiger partial charge is 0.388 e. The molecule has 2 bridgehead atoms. The number of hydrogen-bond acceptors (Lipinski definition) is 5. The zero-order chi connectivity index (χ0) is 27.2. The number of aromatic nitrogens is 1.